The van der Waals surface area contributed by atoms with E-state index in [4.69, 9.17) is 17.3 Å². The van der Waals surface area contributed by atoms with E-state index < -0.39 is 6.04 Å². The molecule has 5 nitrogen and oxygen atoms in total. The predicted molar refractivity (Wildman–Crippen MR) is 91.6 cm³/mol. The van der Waals surface area contributed by atoms with Crippen LogP contribution in [-0.2, 0) is 17.6 Å². The van der Waals surface area contributed by atoms with E-state index in [-0.39, 0.29) is 11.9 Å². The normalized spacial score (nSPS) is 18.1. The molecule has 0 aliphatic carbocycles. The number of aromatic nitrogens is 2. The number of nitrogens with two attached hydrogens (primary N) is 1. The lowest BCUT2D eigenvalue weighted by atomic mass is 10.1. The van der Waals surface area contributed by atoms with Gasteiger partial charge >= 0.3 is 0 Å². The third kappa shape index (κ3) is 2.99. The van der Waals surface area contributed by atoms with Gasteiger partial charge in [-0.15, -0.1) is 0 Å². The molecule has 1 aliphatic heterocycles. The molecule has 3 rings (SSSR count). The van der Waals surface area contributed by atoms with Gasteiger partial charge in [-0.3, -0.25) is 9.69 Å². The number of aryl methyl sites for hydroxylation is 1. The lowest BCUT2D eigenvalue weighted by Gasteiger charge is -2.26. The van der Waals surface area contributed by atoms with Crippen LogP contribution in [0.1, 0.15) is 43.4 Å². The Morgan fingerprint density at radius 1 is 1.57 bits per heavy atom. The van der Waals surface area contributed by atoms with Crippen LogP contribution in [0, 0.1) is 0 Å². The highest BCUT2D eigenvalue weighted by atomic mass is 35.5. The van der Waals surface area contributed by atoms with E-state index in [9.17, 15) is 4.79 Å². The number of carbonyl (C=O) groups excluding carboxylic acids is 1. The van der Waals surface area contributed by atoms with Crippen LogP contribution in [0.25, 0.3) is 0 Å². The fraction of sp³-hybridized carbons (Fsp3) is 0.412. The van der Waals surface area contributed by atoms with Crippen molar-refractivity contribution in [3.63, 3.8) is 0 Å². The number of halogens is 1. The first-order chi connectivity index (χ1) is 11.0. The van der Waals surface area contributed by atoms with Gasteiger partial charge in [-0.2, -0.15) is 0 Å². The molecule has 0 bridgehead atoms. The number of nitrogens with one attached hydrogen (secondary N) is 1. The van der Waals surface area contributed by atoms with Crippen LogP contribution in [-0.4, -0.2) is 21.9 Å². The van der Waals surface area contributed by atoms with E-state index in [2.05, 4.69) is 16.9 Å². The Morgan fingerprint density at radius 3 is 3.04 bits per heavy atom. The summed E-state index contributed by atoms with van der Waals surface area (Å²) < 4.78 is 0. The summed E-state index contributed by atoms with van der Waals surface area (Å²) in [5.74, 6) is 0.694. The van der Waals surface area contributed by atoms with Crippen molar-refractivity contribution in [3.8, 4) is 0 Å². The molecule has 23 heavy (non-hydrogen) atoms. The molecule has 0 spiro atoms. The monoisotopic (exact) mass is 332 g/mol. The number of H-pyrrole nitrogens is 1. The molecule has 2 unspecified atom stereocenters. The van der Waals surface area contributed by atoms with Gasteiger partial charge in [0.05, 0.1) is 12.1 Å². The number of imidazole rings is 1. The van der Waals surface area contributed by atoms with Crippen molar-refractivity contribution in [1.82, 2.24) is 9.97 Å². The van der Waals surface area contributed by atoms with E-state index >= 15 is 0 Å². The highest BCUT2D eigenvalue weighted by Gasteiger charge is 2.37. The molecule has 0 radical (unpaired) electrons. The zero-order valence-electron chi connectivity index (χ0n) is 13.3. The number of fused-ring (bicyclic) bond motifs is 1. The molecule has 1 aliphatic rings. The minimum atomic E-state index is -0.566. The maximum atomic E-state index is 12.6. The molecular weight excluding hydrogens is 312 g/mol. The van der Waals surface area contributed by atoms with Crippen molar-refractivity contribution >= 4 is 23.2 Å². The Kier molecular flexibility index (Phi) is 4.41. The fourth-order valence-corrected chi connectivity index (χ4v) is 3.27. The van der Waals surface area contributed by atoms with Crippen molar-refractivity contribution in [2.75, 3.05) is 4.90 Å². The predicted octanol–water partition coefficient (Wildman–Crippen LogP) is 2.99. The van der Waals surface area contributed by atoms with Crippen LogP contribution in [0.3, 0.4) is 0 Å². The van der Waals surface area contributed by atoms with Crippen LogP contribution in [0.2, 0.25) is 5.02 Å². The average Bonchev–Trinajstić information content (AvgIpc) is 3.10. The number of hydrogen-bond donors (Lipinski definition) is 2. The van der Waals surface area contributed by atoms with Crippen LogP contribution < -0.4 is 10.6 Å². The topological polar surface area (TPSA) is 75.0 Å². The van der Waals surface area contributed by atoms with Gasteiger partial charge in [0.25, 0.3) is 0 Å². The summed E-state index contributed by atoms with van der Waals surface area (Å²) >= 11 is 6.10. The number of carbonyl (C=O) groups is 1. The van der Waals surface area contributed by atoms with E-state index in [1.807, 2.05) is 18.3 Å². The summed E-state index contributed by atoms with van der Waals surface area (Å²) in [7, 11) is 0. The lowest BCUT2D eigenvalue weighted by molar-refractivity contribution is -0.119. The zero-order chi connectivity index (χ0) is 16.6. The zero-order valence-corrected chi connectivity index (χ0v) is 14.1. The van der Waals surface area contributed by atoms with Gasteiger partial charge in [0.15, 0.2) is 0 Å². The second kappa shape index (κ2) is 6.34. The largest absolute Gasteiger partial charge is 0.344 e. The molecule has 2 atom stereocenters. The number of benzene rings is 1. The SMILES string of the molecule is CCCc1cnc(C2Cc3cc(Cl)ccc3N2C(=O)C(C)N)[nH]1. The first-order valence-electron chi connectivity index (χ1n) is 7.92. The second-order valence-corrected chi connectivity index (χ2v) is 6.47. The highest BCUT2D eigenvalue weighted by Crippen LogP contribution is 2.41. The third-order valence-corrected chi connectivity index (χ3v) is 4.37. The van der Waals surface area contributed by atoms with Crippen LogP contribution in [0.5, 0.6) is 0 Å². The molecular formula is C17H21ClN4O. The Balaban J connectivity index is 2.00. The summed E-state index contributed by atoms with van der Waals surface area (Å²) in [6.45, 7) is 3.83. The van der Waals surface area contributed by atoms with Gasteiger partial charge in [0.2, 0.25) is 5.91 Å². The van der Waals surface area contributed by atoms with Crippen LogP contribution in [0.4, 0.5) is 5.69 Å². The maximum absolute atomic E-state index is 12.6. The number of aromatic amines is 1. The van der Waals surface area contributed by atoms with Crippen molar-refractivity contribution in [2.45, 2.75) is 45.2 Å². The van der Waals surface area contributed by atoms with E-state index in [0.717, 1.165) is 35.6 Å². The molecule has 0 saturated heterocycles. The molecule has 1 aromatic carbocycles. The van der Waals surface area contributed by atoms with E-state index in [1.54, 1.807) is 17.9 Å². The molecule has 2 heterocycles. The van der Waals surface area contributed by atoms with E-state index in [0.29, 0.717) is 11.4 Å². The quantitative estimate of drug-likeness (QED) is 0.903. The standard InChI is InChI=1S/C17H21ClN4O/c1-3-4-13-9-20-16(21-13)15-8-11-7-12(18)5-6-14(11)22(15)17(23)10(2)19/h5-7,9-10,15H,3-4,8,19H2,1-2H3,(H,20,21). The highest BCUT2D eigenvalue weighted by molar-refractivity contribution is 6.30. The molecule has 1 amide bonds. The van der Waals surface area contributed by atoms with E-state index in [1.165, 1.54) is 0 Å². The average molecular weight is 333 g/mol. The molecule has 2 aromatic rings. The summed E-state index contributed by atoms with van der Waals surface area (Å²) in [5, 5.41) is 0.670. The summed E-state index contributed by atoms with van der Waals surface area (Å²) in [4.78, 5) is 22.2. The summed E-state index contributed by atoms with van der Waals surface area (Å²) in [5.41, 5.74) is 8.85. The molecule has 0 fully saturated rings. The Morgan fingerprint density at radius 2 is 2.35 bits per heavy atom. The second-order valence-electron chi connectivity index (χ2n) is 6.03. The molecule has 6 heteroatoms. The maximum Gasteiger partial charge on any atom is 0.244 e. The van der Waals surface area contributed by atoms with Crippen molar-refractivity contribution in [1.29, 1.82) is 0 Å². The van der Waals surface area contributed by atoms with Crippen molar-refractivity contribution in [2.24, 2.45) is 5.73 Å². The first kappa shape index (κ1) is 16.0. The summed E-state index contributed by atoms with van der Waals surface area (Å²) in [6, 6.07) is 4.87. The Hall–Kier alpha value is -1.85. The Bertz CT molecular complexity index is 725. The number of nitrogens with zero attached hydrogens (tertiary/aromatic N) is 2. The van der Waals surface area contributed by atoms with Crippen LogP contribution in [0.15, 0.2) is 24.4 Å². The molecule has 3 N–H and O–H groups in total. The van der Waals surface area contributed by atoms with Gasteiger partial charge in [-0.25, -0.2) is 4.98 Å². The van der Waals surface area contributed by atoms with Crippen molar-refractivity contribution < 1.29 is 4.79 Å². The smallest absolute Gasteiger partial charge is 0.244 e. The van der Waals surface area contributed by atoms with Gasteiger partial charge in [-0.1, -0.05) is 24.9 Å². The van der Waals surface area contributed by atoms with Gasteiger partial charge in [0, 0.05) is 29.0 Å². The van der Waals surface area contributed by atoms with Gasteiger partial charge < -0.3 is 10.7 Å². The number of amides is 1. The van der Waals surface area contributed by atoms with Gasteiger partial charge in [-0.05, 0) is 37.1 Å². The minimum Gasteiger partial charge on any atom is -0.344 e. The number of hydrogen-bond acceptors (Lipinski definition) is 3. The van der Waals surface area contributed by atoms with Gasteiger partial charge in [0.1, 0.15) is 5.82 Å². The first-order valence-corrected chi connectivity index (χ1v) is 8.30. The summed E-state index contributed by atoms with van der Waals surface area (Å²) in [6.07, 6.45) is 4.53. The lowest BCUT2D eigenvalue weighted by Crippen LogP contribution is -2.43. The van der Waals surface area contributed by atoms with Crippen molar-refractivity contribution in [3.05, 3.63) is 46.5 Å². The Labute approximate surface area is 140 Å². The molecule has 0 saturated carbocycles. The molecule has 1 aromatic heterocycles. The van der Waals surface area contributed by atoms with Crippen LogP contribution >= 0.6 is 11.6 Å². The number of rotatable bonds is 4. The fourth-order valence-electron chi connectivity index (χ4n) is 3.07. The number of anilines is 1. The molecule has 122 valence electrons. The third-order valence-electron chi connectivity index (χ3n) is 4.14. The minimum absolute atomic E-state index is 0.107.